The van der Waals surface area contributed by atoms with Crippen LogP contribution in [-0.2, 0) is 9.53 Å². The van der Waals surface area contributed by atoms with Gasteiger partial charge in [0, 0.05) is 18.7 Å². The van der Waals surface area contributed by atoms with Gasteiger partial charge in [0.2, 0.25) is 5.75 Å². The zero-order valence-corrected chi connectivity index (χ0v) is 18.8. The minimum Gasteiger partial charge on any atom is -0.493 e. The summed E-state index contributed by atoms with van der Waals surface area (Å²) in [5.74, 6) is 2.35. The molecule has 1 aromatic rings. The second-order valence-corrected chi connectivity index (χ2v) is 7.54. The van der Waals surface area contributed by atoms with Crippen molar-refractivity contribution in [3.63, 3.8) is 0 Å². The van der Waals surface area contributed by atoms with Gasteiger partial charge in [-0.3, -0.25) is 4.79 Å². The number of benzene rings is 1. The van der Waals surface area contributed by atoms with Crippen LogP contribution < -0.4 is 24.3 Å². The molecule has 0 radical (unpaired) electrons. The van der Waals surface area contributed by atoms with Crippen LogP contribution in [0.5, 0.6) is 23.0 Å². The van der Waals surface area contributed by atoms with Crippen molar-refractivity contribution in [3.8, 4) is 23.0 Å². The first kappa shape index (κ1) is 25.2. The Morgan fingerprint density at radius 2 is 1.76 bits per heavy atom. The zero-order chi connectivity index (χ0) is 21.8. The summed E-state index contributed by atoms with van der Waals surface area (Å²) in [5.41, 5.74) is 0. The summed E-state index contributed by atoms with van der Waals surface area (Å²) >= 11 is 1.65. The van der Waals surface area contributed by atoms with E-state index in [1.807, 2.05) is 20.1 Å². The third-order valence-electron chi connectivity index (χ3n) is 3.93. The molecule has 0 saturated heterocycles. The molecule has 0 amide bonds. The Morgan fingerprint density at radius 3 is 2.24 bits per heavy atom. The van der Waals surface area contributed by atoms with Gasteiger partial charge in [0.25, 0.3) is 0 Å². The molecule has 1 aromatic carbocycles. The van der Waals surface area contributed by atoms with Crippen molar-refractivity contribution in [2.75, 3.05) is 46.5 Å². The number of ether oxygens (including phenoxy) is 5. The zero-order valence-electron chi connectivity index (χ0n) is 18.0. The summed E-state index contributed by atoms with van der Waals surface area (Å²) in [6.07, 6.45) is 1.59. The van der Waals surface area contributed by atoms with E-state index in [0.29, 0.717) is 29.4 Å². The van der Waals surface area contributed by atoms with Gasteiger partial charge in [0.1, 0.15) is 24.5 Å². The number of hydrogen-bond donors (Lipinski definition) is 2. The molecule has 0 bridgehead atoms. The molecule has 9 heteroatoms. The molecule has 0 heterocycles. The van der Waals surface area contributed by atoms with Crippen LogP contribution in [0.25, 0.3) is 0 Å². The Labute approximate surface area is 177 Å². The largest absolute Gasteiger partial charge is 0.493 e. The average molecular weight is 432 g/mol. The van der Waals surface area contributed by atoms with Crippen LogP contribution in [-0.4, -0.2) is 75.8 Å². The van der Waals surface area contributed by atoms with Crippen molar-refractivity contribution in [2.24, 2.45) is 0 Å². The van der Waals surface area contributed by atoms with Gasteiger partial charge in [-0.25, -0.2) is 0 Å². The number of nitrogens with one attached hydrogen (secondary N) is 1. The summed E-state index contributed by atoms with van der Waals surface area (Å²) in [6, 6.07) is 2.84. The fraction of sp³-hybridized carbons (Fsp3) is 0.650. The number of hydrogen-bond acceptors (Lipinski definition) is 9. The van der Waals surface area contributed by atoms with Gasteiger partial charge in [0.05, 0.1) is 27.4 Å². The van der Waals surface area contributed by atoms with Gasteiger partial charge in [-0.1, -0.05) is 0 Å². The summed E-state index contributed by atoms with van der Waals surface area (Å²) < 4.78 is 26.8. The highest BCUT2D eigenvalue weighted by molar-refractivity contribution is 7.98. The fourth-order valence-electron chi connectivity index (χ4n) is 2.52. The molecule has 1 rings (SSSR count). The SMILES string of the molecule is COc1cc(OCC(O)CNC(CCSC)C(=O)OC(C)C)cc(OC)c1OC. The predicted octanol–water partition coefficient (Wildman–Crippen LogP) is 2.11. The van der Waals surface area contributed by atoms with Crippen LogP contribution in [0.1, 0.15) is 20.3 Å². The number of thioether (sulfide) groups is 1. The van der Waals surface area contributed by atoms with Crippen molar-refractivity contribution in [2.45, 2.75) is 38.5 Å². The number of carbonyl (C=O) groups excluding carboxylic acids is 1. The Bertz CT molecular complexity index is 602. The first-order valence-corrected chi connectivity index (χ1v) is 10.8. The van der Waals surface area contributed by atoms with Crippen molar-refractivity contribution in [1.29, 1.82) is 0 Å². The molecule has 0 aliphatic carbocycles. The number of aliphatic hydroxyl groups excluding tert-OH is 1. The quantitative estimate of drug-likeness (QED) is 0.429. The van der Waals surface area contributed by atoms with Gasteiger partial charge in [-0.15, -0.1) is 0 Å². The van der Waals surface area contributed by atoms with E-state index in [-0.39, 0.29) is 25.2 Å². The maximum absolute atomic E-state index is 12.2. The molecular formula is C20H33NO7S. The highest BCUT2D eigenvalue weighted by atomic mass is 32.2. The molecule has 166 valence electrons. The highest BCUT2D eigenvalue weighted by Gasteiger charge is 2.22. The van der Waals surface area contributed by atoms with Crippen molar-refractivity contribution in [3.05, 3.63) is 12.1 Å². The van der Waals surface area contributed by atoms with Crippen LogP contribution in [0.4, 0.5) is 0 Å². The lowest BCUT2D eigenvalue weighted by molar-refractivity contribution is -0.150. The molecule has 29 heavy (non-hydrogen) atoms. The summed E-state index contributed by atoms with van der Waals surface area (Å²) in [4.78, 5) is 12.2. The lowest BCUT2D eigenvalue weighted by Crippen LogP contribution is -2.44. The summed E-state index contributed by atoms with van der Waals surface area (Å²) in [6.45, 7) is 3.84. The minimum absolute atomic E-state index is 0.0279. The molecule has 0 aliphatic rings. The molecule has 0 saturated carbocycles. The summed E-state index contributed by atoms with van der Waals surface area (Å²) in [7, 11) is 4.56. The normalized spacial score (nSPS) is 13.0. The molecule has 2 unspecified atom stereocenters. The predicted molar refractivity (Wildman–Crippen MR) is 114 cm³/mol. The maximum atomic E-state index is 12.2. The van der Waals surface area contributed by atoms with Crippen molar-refractivity contribution < 1.29 is 33.6 Å². The first-order chi connectivity index (χ1) is 13.9. The lowest BCUT2D eigenvalue weighted by Gasteiger charge is -2.21. The van der Waals surface area contributed by atoms with Gasteiger partial charge in [-0.05, 0) is 32.3 Å². The number of methoxy groups -OCH3 is 3. The van der Waals surface area contributed by atoms with Gasteiger partial charge >= 0.3 is 5.97 Å². The molecule has 2 N–H and O–H groups in total. The number of carbonyl (C=O) groups is 1. The number of esters is 1. The van der Waals surface area contributed by atoms with E-state index >= 15 is 0 Å². The number of aliphatic hydroxyl groups is 1. The van der Waals surface area contributed by atoms with Gasteiger partial charge in [0.15, 0.2) is 11.5 Å². The Morgan fingerprint density at radius 1 is 1.14 bits per heavy atom. The van der Waals surface area contributed by atoms with Crippen LogP contribution in [0.3, 0.4) is 0 Å². The highest BCUT2D eigenvalue weighted by Crippen LogP contribution is 2.40. The minimum atomic E-state index is -0.822. The molecule has 0 aromatic heterocycles. The Balaban J connectivity index is 2.65. The van der Waals surface area contributed by atoms with Crippen LogP contribution in [0.2, 0.25) is 0 Å². The van der Waals surface area contributed by atoms with E-state index in [9.17, 15) is 9.90 Å². The van der Waals surface area contributed by atoms with E-state index in [1.165, 1.54) is 21.3 Å². The topological polar surface area (TPSA) is 95.5 Å². The summed E-state index contributed by atoms with van der Waals surface area (Å²) in [5, 5.41) is 13.3. The Kier molecular flexibility index (Phi) is 11.6. The first-order valence-electron chi connectivity index (χ1n) is 9.39. The molecule has 0 fully saturated rings. The van der Waals surface area contributed by atoms with Crippen molar-refractivity contribution in [1.82, 2.24) is 5.32 Å². The van der Waals surface area contributed by atoms with Crippen molar-refractivity contribution >= 4 is 17.7 Å². The standard InChI is InChI=1S/C20H33NO7S/c1-13(2)28-20(23)16(7-8-29-6)21-11-14(22)12-27-15-9-17(24-3)19(26-5)18(10-15)25-4/h9-10,13-14,16,21-22H,7-8,11-12H2,1-6H3. The van der Waals surface area contributed by atoms with Gasteiger partial charge < -0.3 is 34.1 Å². The van der Waals surface area contributed by atoms with Crippen LogP contribution in [0, 0.1) is 0 Å². The molecule has 0 spiro atoms. The van der Waals surface area contributed by atoms with Crippen LogP contribution in [0.15, 0.2) is 12.1 Å². The second kappa shape index (κ2) is 13.4. The van der Waals surface area contributed by atoms with Crippen LogP contribution >= 0.6 is 11.8 Å². The second-order valence-electron chi connectivity index (χ2n) is 6.55. The third kappa shape index (κ3) is 8.59. The molecule has 8 nitrogen and oxygen atoms in total. The van der Waals surface area contributed by atoms with E-state index in [2.05, 4.69) is 5.32 Å². The smallest absolute Gasteiger partial charge is 0.323 e. The lowest BCUT2D eigenvalue weighted by atomic mass is 10.2. The van der Waals surface area contributed by atoms with Gasteiger partial charge in [-0.2, -0.15) is 11.8 Å². The van der Waals surface area contributed by atoms with E-state index in [4.69, 9.17) is 23.7 Å². The molecular weight excluding hydrogens is 398 g/mol. The van der Waals surface area contributed by atoms with E-state index < -0.39 is 12.1 Å². The average Bonchev–Trinajstić information content (AvgIpc) is 2.70. The number of rotatable bonds is 14. The molecule has 2 atom stereocenters. The third-order valence-corrected chi connectivity index (χ3v) is 4.57. The van der Waals surface area contributed by atoms with E-state index in [1.54, 1.807) is 23.9 Å². The fourth-order valence-corrected chi connectivity index (χ4v) is 2.99. The van der Waals surface area contributed by atoms with E-state index in [0.717, 1.165) is 5.75 Å². The monoisotopic (exact) mass is 431 g/mol. The Hall–Kier alpha value is -1.84. The maximum Gasteiger partial charge on any atom is 0.323 e. The molecule has 0 aliphatic heterocycles.